The average molecular weight is 569 g/mol. The molecule has 1 atom stereocenters. The van der Waals surface area contributed by atoms with E-state index in [-0.39, 0.29) is 18.9 Å². The Balaban J connectivity index is 2.05. The molecule has 0 fully saturated rings. The second-order valence-corrected chi connectivity index (χ2v) is 11.7. The summed E-state index contributed by atoms with van der Waals surface area (Å²) in [6.07, 6.45) is 1.88. The molecule has 214 valence electrons. The second-order valence-electron chi connectivity index (χ2n) is 9.63. The molecule has 0 heterocycles. The van der Waals surface area contributed by atoms with Crippen LogP contribution in [0.15, 0.2) is 84.9 Å². The Morgan fingerprint density at radius 3 is 2.05 bits per heavy atom. The van der Waals surface area contributed by atoms with Crippen LogP contribution in [0, 0.1) is 5.82 Å². The Hall–Kier alpha value is -3.76. The molecule has 40 heavy (non-hydrogen) atoms. The number of carbonyl (C=O) groups is 2. The molecule has 8 nitrogen and oxygen atoms in total. The fourth-order valence-corrected chi connectivity index (χ4v) is 5.21. The van der Waals surface area contributed by atoms with Crippen LogP contribution in [0.25, 0.3) is 0 Å². The summed E-state index contributed by atoms with van der Waals surface area (Å²) in [4.78, 5) is 29.0. The van der Waals surface area contributed by atoms with Gasteiger partial charge in [0.1, 0.15) is 18.4 Å². The molecular weight excluding hydrogens is 531 g/mol. The molecule has 2 amide bonds. The molecule has 10 heteroatoms. The molecule has 1 N–H and O–H groups in total. The van der Waals surface area contributed by atoms with Gasteiger partial charge in [-0.05, 0) is 41.8 Å². The number of carbonyl (C=O) groups excluding carboxylic acids is 2. The van der Waals surface area contributed by atoms with E-state index >= 15 is 0 Å². The molecule has 0 unspecified atom stereocenters. The van der Waals surface area contributed by atoms with Crippen LogP contribution in [0.1, 0.15) is 30.9 Å². The maximum atomic E-state index is 14.1. The van der Waals surface area contributed by atoms with Crippen LogP contribution in [0.2, 0.25) is 0 Å². The first-order chi connectivity index (χ1) is 19.1. The molecule has 0 saturated carbocycles. The van der Waals surface area contributed by atoms with E-state index in [4.69, 9.17) is 0 Å². The SMILES string of the molecule is CCCCNC(=O)[C@H](Cc1ccccc1)N(Cc1ccc(F)cc1)C(=O)CN(c1ccccc1)S(=O)(=O)N(C)C. The highest BCUT2D eigenvalue weighted by atomic mass is 32.2. The molecule has 0 spiro atoms. The molecule has 0 bridgehead atoms. The zero-order chi connectivity index (χ0) is 29.1. The predicted molar refractivity (Wildman–Crippen MR) is 155 cm³/mol. The molecule has 3 aromatic rings. The number of rotatable bonds is 14. The monoisotopic (exact) mass is 568 g/mol. The number of benzene rings is 3. The van der Waals surface area contributed by atoms with Crippen molar-refractivity contribution in [1.29, 1.82) is 0 Å². The van der Waals surface area contributed by atoms with E-state index in [9.17, 15) is 22.4 Å². The summed E-state index contributed by atoms with van der Waals surface area (Å²) in [6.45, 7) is 1.92. The van der Waals surface area contributed by atoms with Gasteiger partial charge in [-0.2, -0.15) is 12.7 Å². The largest absolute Gasteiger partial charge is 0.354 e. The summed E-state index contributed by atoms with van der Waals surface area (Å²) in [5, 5.41) is 2.93. The van der Waals surface area contributed by atoms with Crippen LogP contribution in [0.4, 0.5) is 10.1 Å². The Bertz CT molecular complexity index is 1340. The minimum Gasteiger partial charge on any atom is -0.354 e. The fraction of sp³-hybridized carbons (Fsp3) is 0.333. The van der Waals surface area contributed by atoms with Crippen molar-refractivity contribution in [2.45, 2.75) is 38.8 Å². The number of unbranched alkanes of at least 4 members (excludes halogenated alkanes) is 1. The lowest BCUT2D eigenvalue weighted by Crippen LogP contribution is -2.54. The van der Waals surface area contributed by atoms with Gasteiger partial charge >= 0.3 is 10.2 Å². The fourth-order valence-electron chi connectivity index (χ4n) is 4.16. The number of para-hydroxylation sites is 1. The van der Waals surface area contributed by atoms with Crippen molar-refractivity contribution < 1.29 is 22.4 Å². The highest BCUT2D eigenvalue weighted by Gasteiger charge is 2.34. The van der Waals surface area contributed by atoms with E-state index in [0.29, 0.717) is 17.8 Å². The summed E-state index contributed by atoms with van der Waals surface area (Å²) in [5.41, 5.74) is 1.77. The minimum atomic E-state index is -4.05. The number of anilines is 1. The molecule has 3 aromatic carbocycles. The Labute approximate surface area is 236 Å². The van der Waals surface area contributed by atoms with Gasteiger partial charge in [0.25, 0.3) is 0 Å². The first kappa shape index (κ1) is 30.8. The van der Waals surface area contributed by atoms with Crippen molar-refractivity contribution in [1.82, 2.24) is 14.5 Å². The highest BCUT2D eigenvalue weighted by Crippen LogP contribution is 2.21. The van der Waals surface area contributed by atoms with Gasteiger partial charge in [0.2, 0.25) is 11.8 Å². The van der Waals surface area contributed by atoms with E-state index in [1.807, 2.05) is 37.3 Å². The third-order valence-electron chi connectivity index (χ3n) is 6.43. The Morgan fingerprint density at radius 2 is 1.48 bits per heavy atom. The number of amides is 2. The zero-order valence-electron chi connectivity index (χ0n) is 23.2. The van der Waals surface area contributed by atoms with Gasteiger partial charge in [0.05, 0.1) is 5.69 Å². The first-order valence-electron chi connectivity index (χ1n) is 13.2. The van der Waals surface area contributed by atoms with Crippen molar-refractivity contribution >= 4 is 27.7 Å². The smallest absolute Gasteiger partial charge is 0.304 e. The number of nitrogens with zero attached hydrogens (tertiary/aromatic N) is 3. The normalized spacial score (nSPS) is 12.1. The van der Waals surface area contributed by atoms with Crippen LogP contribution in [0.5, 0.6) is 0 Å². The van der Waals surface area contributed by atoms with Crippen LogP contribution < -0.4 is 9.62 Å². The van der Waals surface area contributed by atoms with Gasteiger partial charge in [-0.25, -0.2) is 8.70 Å². The summed E-state index contributed by atoms with van der Waals surface area (Å²) >= 11 is 0. The van der Waals surface area contributed by atoms with Crippen molar-refractivity contribution in [2.24, 2.45) is 0 Å². The molecule has 0 radical (unpaired) electrons. The maximum absolute atomic E-state index is 14.1. The van der Waals surface area contributed by atoms with Crippen LogP contribution in [-0.2, 0) is 32.8 Å². The van der Waals surface area contributed by atoms with Crippen LogP contribution in [0.3, 0.4) is 0 Å². The molecule has 0 aliphatic heterocycles. The van der Waals surface area contributed by atoms with Crippen LogP contribution >= 0.6 is 0 Å². The quantitative estimate of drug-likeness (QED) is 0.298. The molecule has 0 aliphatic carbocycles. The second kappa shape index (κ2) is 14.6. The van der Waals surface area contributed by atoms with Crippen molar-refractivity contribution in [3.63, 3.8) is 0 Å². The van der Waals surface area contributed by atoms with Gasteiger partial charge in [-0.15, -0.1) is 0 Å². The van der Waals surface area contributed by atoms with E-state index in [2.05, 4.69) is 5.32 Å². The van der Waals surface area contributed by atoms with Gasteiger partial charge in [0.15, 0.2) is 0 Å². The summed E-state index contributed by atoms with van der Waals surface area (Å²) < 4.78 is 42.4. The Morgan fingerprint density at radius 1 is 0.875 bits per heavy atom. The zero-order valence-corrected chi connectivity index (χ0v) is 24.0. The summed E-state index contributed by atoms with van der Waals surface area (Å²) in [6, 6.07) is 22.4. The highest BCUT2D eigenvalue weighted by molar-refractivity contribution is 7.90. The van der Waals surface area contributed by atoms with Gasteiger partial charge in [-0.1, -0.05) is 74.0 Å². The summed E-state index contributed by atoms with van der Waals surface area (Å²) in [5.74, 6) is -1.33. The number of hydrogen-bond acceptors (Lipinski definition) is 4. The van der Waals surface area contributed by atoms with E-state index in [1.165, 1.54) is 31.1 Å². The third kappa shape index (κ3) is 8.37. The average Bonchev–Trinajstić information content (AvgIpc) is 2.95. The van der Waals surface area contributed by atoms with Gasteiger partial charge in [0, 0.05) is 33.6 Å². The molecule has 0 saturated heterocycles. The first-order valence-corrected chi connectivity index (χ1v) is 14.6. The Kier molecular flexibility index (Phi) is 11.2. The number of hydrogen-bond donors (Lipinski definition) is 1. The lowest BCUT2D eigenvalue weighted by atomic mass is 10.0. The standard InChI is InChI=1S/C30H37FN4O4S/c1-4-5-20-32-30(37)28(21-24-12-8-6-9-13-24)34(22-25-16-18-26(31)19-17-25)29(36)23-35(40(38,39)33(2)3)27-14-10-7-11-15-27/h6-19,28H,4-5,20-23H2,1-3H3,(H,32,37)/t28-/m0/s1. The molecule has 3 rings (SSSR count). The molecular formula is C30H37FN4O4S. The van der Waals surface area contributed by atoms with Crippen molar-refractivity contribution in [2.75, 3.05) is 31.5 Å². The third-order valence-corrected chi connectivity index (χ3v) is 8.25. The molecule has 0 aromatic heterocycles. The van der Waals surface area contributed by atoms with Crippen LogP contribution in [-0.4, -0.2) is 62.7 Å². The predicted octanol–water partition coefficient (Wildman–Crippen LogP) is 3.99. The van der Waals surface area contributed by atoms with E-state index in [1.54, 1.807) is 42.5 Å². The van der Waals surface area contributed by atoms with Crippen molar-refractivity contribution in [3.8, 4) is 0 Å². The number of halogens is 1. The lowest BCUT2D eigenvalue weighted by Gasteiger charge is -2.34. The summed E-state index contributed by atoms with van der Waals surface area (Å²) in [7, 11) is -1.26. The lowest BCUT2D eigenvalue weighted by molar-refractivity contribution is -0.140. The van der Waals surface area contributed by atoms with E-state index < -0.39 is 34.5 Å². The topological polar surface area (TPSA) is 90.0 Å². The minimum absolute atomic E-state index is 0.0115. The maximum Gasteiger partial charge on any atom is 0.304 e. The van der Waals surface area contributed by atoms with Gasteiger partial charge in [-0.3, -0.25) is 9.59 Å². The molecule has 0 aliphatic rings. The van der Waals surface area contributed by atoms with Crippen molar-refractivity contribution in [3.05, 3.63) is 102 Å². The van der Waals surface area contributed by atoms with Gasteiger partial charge < -0.3 is 10.2 Å². The van der Waals surface area contributed by atoms with E-state index in [0.717, 1.165) is 27.0 Å². The number of nitrogens with one attached hydrogen (secondary N) is 1.